The Labute approximate surface area is 416 Å². The standard InChI is InChI=1S/C31H34N2O.C30H33N3O.ClH/c1-4-6-18-29(26-14-8-7-9-15-26)27-16-10-13-25(20-27)22-31(34)30-19-23(3)32-33(30)28-17-11-12-24(5-2)21-28;1-3-4-16-28(25-12-6-5-7-13-25)26-14-8-10-23(18-26)20-30(34)29-17-22(2)32-33(29)27-15-9-11-24(19-27)21-31;/h7-17,19-21,29H,4-6,18,22H2,1-3H3;5-15,17-19,28H,3-4,16,20-21,31H2,1-2H3;1H. The summed E-state index contributed by atoms with van der Waals surface area (Å²) in [5, 5.41) is 9.23. The second-order valence-corrected chi connectivity index (χ2v) is 18.0. The number of benzene rings is 6. The first-order valence-electron chi connectivity index (χ1n) is 24.5. The van der Waals surface area contributed by atoms with E-state index in [1.165, 1.54) is 47.1 Å². The van der Waals surface area contributed by atoms with Crippen molar-refractivity contribution in [2.75, 3.05) is 0 Å². The molecule has 2 aromatic heterocycles. The zero-order chi connectivity index (χ0) is 47.8. The second kappa shape index (κ2) is 25.6. The second-order valence-electron chi connectivity index (χ2n) is 18.0. The van der Waals surface area contributed by atoms with Crippen LogP contribution in [0.3, 0.4) is 0 Å². The van der Waals surface area contributed by atoms with Gasteiger partial charge in [-0.05, 0) is 114 Å². The number of Topliss-reactive ketones (excluding diaryl/α,β-unsaturated/α-hetero) is 2. The molecule has 0 bridgehead atoms. The van der Waals surface area contributed by atoms with Gasteiger partial charge in [-0.1, -0.05) is 180 Å². The van der Waals surface area contributed by atoms with E-state index in [1.54, 1.807) is 9.36 Å². The van der Waals surface area contributed by atoms with E-state index in [4.69, 9.17) is 5.73 Å². The van der Waals surface area contributed by atoms with Crippen LogP contribution in [0.4, 0.5) is 0 Å². The molecule has 8 heteroatoms. The molecule has 0 amide bonds. The highest BCUT2D eigenvalue weighted by atomic mass is 35.5. The third-order valence-electron chi connectivity index (χ3n) is 12.7. The summed E-state index contributed by atoms with van der Waals surface area (Å²) < 4.78 is 3.55. The van der Waals surface area contributed by atoms with E-state index >= 15 is 0 Å². The molecule has 356 valence electrons. The number of rotatable bonds is 20. The summed E-state index contributed by atoms with van der Waals surface area (Å²) in [6.07, 6.45) is 8.54. The summed E-state index contributed by atoms with van der Waals surface area (Å²) in [7, 11) is 0. The van der Waals surface area contributed by atoms with Crippen LogP contribution in [0.15, 0.2) is 170 Å². The van der Waals surface area contributed by atoms with Crippen LogP contribution >= 0.6 is 12.4 Å². The molecule has 6 aromatic carbocycles. The SMILES string of the molecule is CCCCC(c1ccccc1)c1cccc(CC(=O)c2cc(C)nn2-c2cccc(CC)c2)c1.CCCCC(c1ccccc1)c1cccc(CC(=O)c2cc(C)nn2-c2cccc(CN)c2)c1.Cl. The van der Waals surface area contributed by atoms with E-state index < -0.39 is 0 Å². The fraction of sp³-hybridized carbons (Fsp3) is 0.279. The van der Waals surface area contributed by atoms with Crippen molar-refractivity contribution in [2.45, 2.75) is 111 Å². The smallest absolute Gasteiger partial charge is 0.185 e. The third-order valence-corrected chi connectivity index (χ3v) is 12.7. The minimum absolute atomic E-state index is 0. The van der Waals surface area contributed by atoms with E-state index in [0.29, 0.717) is 42.6 Å². The number of nitrogens with zero attached hydrogens (tertiary/aromatic N) is 4. The summed E-state index contributed by atoms with van der Waals surface area (Å²) in [4.78, 5) is 26.9. The molecule has 0 fully saturated rings. The van der Waals surface area contributed by atoms with Crippen LogP contribution < -0.4 is 5.73 Å². The van der Waals surface area contributed by atoms with Gasteiger partial charge in [-0.3, -0.25) is 9.59 Å². The number of unbranched alkanes of at least 4 members (excludes halogenated alkanes) is 2. The molecule has 0 aliphatic rings. The van der Waals surface area contributed by atoms with Crippen molar-refractivity contribution in [3.05, 3.63) is 237 Å². The first-order chi connectivity index (χ1) is 33.2. The van der Waals surface area contributed by atoms with Crippen molar-refractivity contribution in [2.24, 2.45) is 5.73 Å². The van der Waals surface area contributed by atoms with E-state index in [0.717, 1.165) is 65.1 Å². The maximum absolute atomic E-state index is 13.4. The Kier molecular flexibility index (Phi) is 19.2. The van der Waals surface area contributed by atoms with Crippen LogP contribution in [0.1, 0.15) is 148 Å². The topological polar surface area (TPSA) is 95.8 Å². The van der Waals surface area contributed by atoms with Gasteiger partial charge in [-0.15, -0.1) is 12.4 Å². The van der Waals surface area contributed by atoms with Crippen LogP contribution in [0.5, 0.6) is 0 Å². The third kappa shape index (κ3) is 13.7. The number of aromatic nitrogens is 4. The lowest BCUT2D eigenvalue weighted by molar-refractivity contribution is 0.0977. The van der Waals surface area contributed by atoms with Crippen LogP contribution in [-0.4, -0.2) is 31.1 Å². The highest BCUT2D eigenvalue weighted by molar-refractivity contribution is 5.97. The molecule has 69 heavy (non-hydrogen) atoms. The molecule has 8 aromatic rings. The van der Waals surface area contributed by atoms with Gasteiger partial charge in [0.1, 0.15) is 11.4 Å². The van der Waals surface area contributed by atoms with Gasteiger partial charge in [0.15, 0.2) is 11.6 Å². The number of carbonyl (C=O) groups excluding carboxylic acids is 2. The first-order valence-corrected chi connectivity index (χ1v) is 24.5. The van der Waals surface area contributed by atoms with E-state index in [-0.39, 0.29) is 24.0 Å². The highest BCUT2D eigenvalue weighted by Crippen LogP contribution is 2.32. The fourth-order valence-corrected chi connectivity index (χ4v) is 9.14. The lowest BCUT2D eigenvalue weighted by atomic mass is 9.86. The summed E-state index contributed by atoms with van der Waals surface area (Å²) in [5.41, 5.74) is 20.1. The van der Waals surface area contributed by atoms with Gasteiger partial charge in [-0.2, -0.15) is 10.2 Å². The van der Waals surface area contributed by atoms with Gasteiger partial charge >= 0.3 is 0 Å². The quantitative estimate of drug-likeness (QED) is 0.0768. The molecule has 7 nitrogen and oxygen atoms in total. The molecule has 0 radical (unpaired) electrons. The molecule has 2 N–H and O–H groups in total. The maximum atomic E-state index is 13.4. The molecule has 0 saturated heterocycles. The molecule has 0 saturated carbocycles. The Morgan fingerprint density at radius 1 is 0.478 bits per heavy atom. The van der Waals surface area contributed by atoms with Gasteiger partial charge in [0.25, 0.3) is 0 Å². The first kappa shape index (κ1) is 51.7. The van der Waals surface area contributed by atoms with Crippen molar-refractivity contribution >= 4 is 24.0 Å². The number of hydrogen-bond acceptors (Lipinski definition) is 5. The predicted molar refractivity (Wildman–Crippen MR) is 286 cm³/mol. The Morgan fingerprint density at radius 3 is 1.29 bits per heavy atom. The summed E-state index contributed by atoms with van der Waals surface area (Å²) in [6, 6.07) is 58.4. The summed E-state index contributed by atoms with van der Waals surface area (Å²) in [5.74, 6) is 0.828. The fourth-order valence-electron chi connectivity index (χ4n) is 9.14. The molecular weight excluding hydrogens is 870 g/mol. The van der Waals surface area contributed by atoms with Gasteiger partial charge in [-0.25, -0.2) is 9.36 Å². The van der Waals surface area contributed by atoms with Gasteiger partial charge in [0, 0.05) is 31.2 Å². The number of aryl methyl sites for hydroxylation is 3. The number of nitrogens with two attached hydrogens (primary N) is 1. The number of hydrogen-bond donors (Lipinski definition) is 1. The van der Waals surface area contributed by atoms with Gasteiger partial charge in [0.05, 0.1) is 22.8 Å². The largest absolute Gasteiger partial charge is 0.326 e. The van der Waals surface area contributed by atoms with Crippen molar-refractivity contribution in [1.29, 1.82) is 0 Å². The van der Waals surface area contributed by atoms with Crippen molar-refractivity contribution in [1.82, 2.24) is 19.6 Å². The average molecular weight is 939 g/mol. The number of carbonyl (C=O) groups is 2. The summed E-state index contributed by atoms with van der Waals surface area (Å²) in [6.45, 7) is 10.9. The maximum Gasteiger partial charge on any atom is 0.185 e. The van der Waals surface area contributed by atoms with Gasteiger partial charge in [0.2, 0.25) is 0 Å². The average Bonchev–Trinajstić information content (AvgIpc) is 3.98. The molecule has 8 rings (SSSR count). The van der Waals surface area contributed by atoms with Crippen LogP contribution in [0.2, 0.25) is 0 Å². The van der Waals surface area contributed by atoms with E-state index in [2.05, 4.69) is 146 Å². The van der Waals surface area contributed by atoms with E-state index in [1.807, 2.05) is 68.4 Å². The monoisotopic (exact) mass is 938 g/mol. The highest BCUT2D eigenvalue weighted by Gasteiger charge is 2.21. The Hall–Kier alpha value is -6.67. The van der Waals surface area contributed by atoms with Crippen LogP contribution in [0.25, 0.3) is 11.4 Å². The lowest BCUT2D eigenvalue weighted by Gasteiger charge is -2.19. The molecule has 2 heterocycles. The zero-order valence-electron chi connectivity index (χ0n) is 41.0. The molecular formula is C61H68ClN5O2. The Bertz CT molecular complexity index is 2690. The van der Waals surface area contributed by atoms with Crippen molar-refractivity contribution in [3.8, 4) is 11.4 Å². The van der Waals surface area contributed by atoms with Gasteiger partial charge < -0.3 is 5.73 Å². The number of ketones is 2. The predicted octanol–water partition coefficient (Wildman–Crippen LogP) is 14.3. The molecule has 0 aliphatic carbocycles. The minimum Gasteiger partial charge on any atom is -0.326 e. The number of halogens is 1. The van der Waals surface area contributed by atoms with E-state index in [9.17, 15) is 9.59 Å². The zero-order valence-corrected chi connectivity index (χ0v) is 41.8. The molecule has 2 unspecified atom stereocenters. The van der Waals surface area contributed by atoms with Crippen molar-refractivity contribution in [3.63, 3.8) is 0 Å². The Balaban J connectivity index is 0.000000224. The summed E-state index contributed by atoms with van der Waals surface area (Å²) >= 11 is 0. The van der Waals surface area contributed by atoms with Crippen LogP contribution in [-0.2, 0) is 25.8 Å². The normalized spacial score (nSPS) is 11.8. The molecule has 0 aliphatic heterocycles. The van der Waals surface area contributed by atoms with Crippen LogP contribution in [0, 0.1) is 13.8 Å². The molecule has 0 spiro atoms. The van der Waals surface area contributed by atoms with Crippen molar-refractivity contribution < 1.29 is 9.59 Å². The minimum atomic E-state index is 0. The Morgan fingerprint density at radius 2 is 0.870 bits per heavy atom. The lowest BCUT2D eigenvalue weighted by Crippen LogP contribution is -2.12. The molecule has 2 atom stereocenters.